The third-order valence-corrected chi connectivity index (χ3v) is 10.9. The SMILES string of the molecule is O=C(O)c1cc(-c2ccc(N3C(=O)C4C5CC(C(Br)C5Br)C4C3=O)cc2)nc2ccc(Cl)cc12. The topological polar surface area (TPSA) is 87.6 Å². The van der Waals surface area contributed by atoms with E-state index in [1.165, 1.54) is 11.0 Å². The summed E-state index contributed by atoms with van der Waals surface area (Å²) in [6.07, 6.45) is 0.885. The molecular weight excluding hydrogens is 588 g/mol. The molecule has 1 N–H and O–H groups in total. The van der Waals surface area contributed by atoms with E-state index in [0.717, 1.165) is 6.42 Å². The first-order valence-corrected chi connectivity index (χ1v) is 13.1. The maximum absolute atomic E-state index is 13.3. The van der Waals surface area contributed by atoms with Crippen LogP contribution in [0, 0.1) is 23.7 Å². The van der Waals surface area contributed by atoms with Crippen LogP contribution in [0.5, 0.6) is 0 Å². The van der Waals surface area contributed by atoms with E-state index >= 15 is 0 Å². The number of hydrogen-bond acceptors (Lipinski definition) is 4. The fourth-order valence-corrected chi connectivity index (χ4v) is 7.95. The van der Waals surface area contributed by atoms with Crippen molar-refractivity contribution in [3.8, 4) is 11.3 Å². The monoisotopic (exact) mass is 602 g/mol. The van der Waals surface area contributed by atoms with E-state index < -0.39 is 5.97 Å². The molecule has 2 aliphatic carbocycles. The summed E-state index contributed by atoms with van der Waals surface area (Å²) in [6.45, 7) is 0. The molecule has 6 nitrogen and oxygen atoms in total. The van der Waals surface area contributed by atoms with Crippen molar-refractivity contribution in [2.24, 2.45) is 23.7 Å². The lowest BCUT2D eigenvalue weighted by Gasteiger charge is -2.28. The van der Waals surface area contributed by atoms with Crippen LogP contribution in [0.4, 0.5) is 5.69 Å². The smallest absolute Gasteiger partial charge is 0.336 e. The Bertz CT molecular complexity index is 1360. The minimum absolute atomic E-state index is 0.105. The molecule has 0 spiro atoms. The second-order valence-electron chi connectivity index (χ2n) is 9.08. The number of nitrogens with zero attached hydrogens (tertiary/aromatic N) is 2. The van der Waals surface area contributed by atoms with Crippen LogP contribution in [-0.2, 0) is 9.59 Å². The highest BCUT2D eigenvalue weighted by molar-refractivity contribution is 9.12. The van der Waals surface area contributed by atoms with E-state index in [4.69, 9.17) is 11.6 Å². The summed E-state index contributed by atoms with van der Waals surface area (Å²) >= 11 is 13.5. The number of carbonyl (C=O) groups is 3. The largest absolute Gasteiger partial charge is 0.478 e. The number of imide groups is 1. The molecule has 6 atom stereocenters. The number of halogens is 3. The van der Waals surface area contributed by atoms with Crippen molar-refractivity contribution in [3.05, 3.63) is 59.1 Å². The Morgan fingerprint density at radius 3 is 2.18 bits per heavy atom. The standard InChI is InChI=1S/C25H17Br2ClN2O4/c26-21-15-8-16(22(21)27)20-19(15)23(31)30(24(20)32)12-4-1-10(2-5-12)18-9-14(25(33)34)13-7-11(28)3-6-17(13)29-18/h1-7,9,15-16,19-22H,8H2,(H,33,34). The van der Waals surface area contributed by atoms with E-state index in [2.05, 4.69) is 36.8 Å². The zero-order valence-electron chi connectivity index (χ0n) is 17.5. The lowest BCUT2D eigenvalue weighted by atomic mass is 9.81. The zero-order chi connectivity index (χ0) is 23.9. The van der Waals surface area contributed by atoms with Gasteiger partial charge in [0.15, 0.2) is 0 Å². The number of carbonyl (C=O) groups excluding carboxylic acids is 2. The van der Waals surface area contributed by atoms with Crippen molar-refractivity contribution in [2.45, 2.75) is 16.1 Å². The van der Waals surface area contributed by atoms with Crippen molar-refractivity contribution in [1.82, 2.24) is 4.98 Å². The summed E-state index contributed by atoms with van der Waals surface area (Å²) in [5, 5.41) is 10.6. The van der Waals surface area contributed by atoms with Gasteiger partial charge in [-0.3, -0.25) is 14.5 Å². The molecule has 0 radical (unpaired) electrons. The summed E-state index contributed by atoms with van der Waals surface area (Å²) < 4.78 is 0. The van der Waals surface area contributed by atoms with Crippen LogP contribution in [0.2, 0.25) is 5.02 Å². The molecule has 3 aliphatic rings. The van der Waals surface area contributed by atoms with Gasteiger partial charge < -0.3 is 5.11 Å². The molecule has 1 aliphatic heterocycles. The summed E-state index contributed by atoms with van der Waals surface area (Å²) in [4.78, 5) is 44.7. The number of benzene rings is 2. The molecule has 2 saturated carbocycles. The molecule has 34 heavy (non-hydrogen) atoms. The Kier molecular flexibility index (Phi) is 5.13. The van der Waals surface area contributed by atoms with Crippen LogP contribution >= 0.6 is 43.5 Å². The quantitative estimate of drug-likeness (QED) is 0.314. The number of alkyl halides is 2. The number of carboxylic acids is 1. The number of aromatic nitrogens is 1. The molecule has 3 fully saturated rings. The number of carboxylic acid groups (broad SMARTS) is 1. The van der Waals surface area contributed by atoms with E-state index in [1.54, 1.807) is 42.5 Å². The Hall–Kier alpha value is -2.29. The highest BCUT2D eigenvalue weighted by Crippen LogP contribution is 2.60. The number of hydrogen-bond donors (Lipinski definition) is 1. The van der Waals surface area contributed by atoms with Gasteiger partial charge in [-0.2, -0.15) is 0 Å². The Labute approximate surface area is 216 Å². The first-order chi connectivity index (χ1) is 16.3. The second-order valence-corrected chi connectivity index (χ2v) is 11.6. The van der Waals surface area contributed by atoms with Crippen LogP contribution in [0.15, 0.2) is 48.5 Å². The first kappa shape index (κ1) is 22.2. The van der Waals surface area contributed by atoms with E-state index in [0.29, 0.717) is 32.9 Å². The second kappa shape index (κ2) is 7.86. The summed E-state index contributed by atoms with van der Waals surface area (Å²) in [5.41, 5.74) is 2.31. The van der Waals surface area contributed by atoms with Gasteiger partial charge in [0.1, 0.15) is 0 Å². The molecule has 2 bridgehead atoms. The minimum atomic E-state index is -1.07. The van der Waals surface area contributed by atoms with E-state index in [9.17, 15) is 19.5 Å². The molecule has 6 unspecified atom stereocenters. The zero-order valence-corrected chi connectivity index (χ0v) is 21.4. The molecule has 2 aromatic carbocycles. The van der Waals surface area contributed by atoms with Crippen molar-refractivity contribution in [3.63, 3.8) is 0 Å². The summed E-state index contributed by atoms with van der Waals surface area (Å²) in [5.74, 6) is -1.57. The van der Waals surface area contributed by atoms with Gasteiger partial charge in [-0.05, 0) is 54.7 Å². The maximum Gasteiger partial charge on any atom is 0.336 e. The molecule has 6 rings (SSSR count). The molecule has 2 amide bonds. The van der Waals surface area contributed by atoms with Gasteiger partial charge in [0.2, 0.25) is 11.8 Å². The first-order valence-electron chi connectivity index (χ1n) is 10.9. The van der Waals surface area contributed by atoms with Crippen molar-refractivity contribution >= 4 is 77.8 Å². The third-order valence-electron chi connectivity index (χ3n) is 7.41. The van der Waals surface area contributed by atoms with E-state index in [1.807, 2.05) is 0 Å². The molecular formula is C25H17Br2ClN2O4. The van der Waals surface area contributed by atoms with Crippen molar-refractivity contribution < 1.29 is 19.5 Å². The fraction of sp³-hybridized carbons (Fsp3) is 0.280. The van der Waals surface area contributed by atoms with Crippen LogP contribution < -0.4 is 4.90 Å². The number of anilines is 1. The highest BCUT2D eigenvalue weighted by Gasteiger charge is 2.66. The fourth-order valence-electron chi connectivity index (χ4n) is 5.91. The average Bonchev–Trinajstić information content (AvgIpc) is 3.43. The molecule has 2 heterocycles. The van der Waals surface area contributed by atoms with Gasteiger partial charge in [-0.25, -0.2) is 9.78 Å². The maximum atomic E-state index is 13.3. The Morgan fingerprint density at radius 1 is 0.971 bits per heavy atom. The van der Waals surface area contributed by atoms with Gasteiger partial charge in [0.25, 0.3) is 0 Å². The number of amides is 2. The molecule has 1 saturated heterocycles. The molecule has 172 valence electrons. The van der Waals surface area contributed by atoms with Gasteiger partial charge in [0.05, 0.1) is 34.3 Å². The lowest BCUT2D eigenvalue weighted by Crippen LogP contribution is -2.37. The number of fused-ring (bicyclic) bond motifs is 6. The van der Waals surface area contributed by atoms with Crippen LogP contribution in [0.3, 0.4) is 0 Å². The van der Waals surface area contributed by atoms with Crippen LogP contribution in [0.25, 0.3) is 22.2 Å². The molecule has 3 aromatic rings. The predicted octanol–water partition coefficient (Wildman–Crippen LogP) is 5.54. The number of rotatable bonds is 3. The van der Waals surface area contributed by atoms with Gasteiger partial charge in [-0.1, -0.05) is 55.6 Å². The van der Waals surface area contributed by atoms with Gasteiger partial charge in [0, 0.05) is 25.6 Å². The van der Waals surface area contributed by atoms with Gasteiger partial charge in [-0.15, -0.1) is 0 Å². The Morgan fingerprint density at radius 2 is 1.59 bits per heavy atom. The molecule has 9 heteroatoms. The highest BCUT2D eigenvalue weighted by atomic mass is 79.9. The van der Waals surface area contributed by atoms with Gasteiger partial charge >= 0.3 is 5.97 Å². The predicted molar refractivity (Wildman–Crippen MR) is 136 cm³/mol. The Balaban J connectivity index is 1.35. The average molecular weight is 605 g/mol. The van der Waals surface area contributed by atoms with Crippen LogP contribution in [0.1, 0.15) is 16.8 Å². The number of aromatic carboxylic acids is 1. The third kappa shape index (κ3) is 3.11. The van der Waals surface area contributed by atoms with Crippen LogP contribution in [-0.4, -0.2) is 37.5 Å². The summed E-state index contributed by atoms with van der Waals surface area (Å²) in [7, 11) is 0. The van der Waals surface area contributed by atoms with Crippen molar-refractivity contribution in [2.75, 3.05) is 4.90 Å². The number of pyridine rings is 1. The lowest BCUT2D eigenvalue weighted by molar-refractivity contribution is -0.123. The minimum Gasteiger partial charge on any atom is -0.478 e. The van der Waals surface area contributed by atoms with Crippen molar-refractivity contribution in [1.29, 1.82) is 0 Å². The van der Waals surface area contributed by atoms with E-state index in [-0.39, 0.29) is 50.7 Å². The molecule has 1 aromatic heterocycles. The summed E-state index contributed by atoms with van der Waals surface area (Å²) in [6, 6.07) is 13.4. The normalized spacial score (nSPS) is 29.8.